The summed E-state index contributed by atoms with van der Waals surface area (Å²) in [5.74, 6) is -0.0423. The van der Waals surface area contributed by atoms with E-state index in [1.54, 1.807) is 17.5 Å². The van der Waals surface area contributed by atoms with Crippen LogP contribution in [0.25, 0.3) is 20.9 Å². The van der Waals surface area contributed by atoms with E-state index in [1.807, 2.05) is 61.5 Å². The first-order valence-corrected chi connectivity index (χ1v) is 10.1. The fraction of sp³-hybridized carbons (Fsp3) is 0.0952. The van der Waals surface area contributed by atoms with E-state index in [4.69, 9.17) is 0 Å². The summed E-state index contributed by atoms with van der Waals surface area (Å²) in [5, 5.41) is 3.92. The maximum Gasteiger partial charge on any atom is 0.228 e. The number of amides is 1. The van der Waals surface area contributed by atoms with E-state index in [0.717, 1.165) is 42.2 Å². The van der Waals surface area contributed by atoms with Crippen molar-refractivity contribution >= 4 is 49.2 Å². The highest BCUT2D eigenvalue weighted by atomic mass is 79.9. The highest BCUT2D eigenvalue weighted by molar-refractivity contribution is 9.10. The van der Waals surface area contributed by atoms with Crippen LogP contribution in [0.5, 0.6) is 0 Å². The van der Waals surface area contributed by atoms with E-state index in [-0.39, 0.29) is 5.91 Å². The molecule has 0 saturated carbocycles. The van der Waals surface area contributed by atoms with Crippen molar-refractivity contribution in [2.75, 3.05) is 5.32 Å². The van der Waals surface area contributed by atoms with Gasteiger partial charge in [0.15, 0.2) is 0 Å². The minimum Gasteiger partial charge on any atom is -0.326 e. The Bertz CT molecular complexity index is 1110. The molecule has 0 fully saturated rings. The van der Waals surface area contributed by atoms with Crippen LogP contribution >= 0.6 is 27.3 Å². The molecule has 0 bridgehead atoms. The first-order valence-electron chi connectivity index (χ1n) is 8.45. The molecule has 4 rings (SSSR count). The Balaban J connectivity index is 1.57. The lowest BCUT2D eigenvalue weighted by molar-refractivity contribution is -0.115. The second-order valence-electron chi connectivity index (χ2n) is 6.23. The summed E-state index contributed by atoms with van der Waals surface area (Å²) in [4.78, 5) is 22.4. The lowest BCUT2D eigenvalue weighted by Gasteiger charge is -2.10. The zero-order valence-electron chi connectivity index (χ0n) is 14.6. The Labute approximate surface area is 169 Å². The second-order valence-corrected chi connectivity index (χ2v) is 8.12. The number of thiazole rings is 1. The van der Waals surface area contributed by atoms with Crippen molar-refractivity contribution in [3.05, 3.63) is 76.4 Å². The van der Waals surface area contributed by atoms with Crippen molar-refractivity contribution in [2.45, 2.75) is 13.3 Å². The highest BCUT2D eigenvalue weighted by Crippen LogP contribution is 2.31. The van der Waals surface area contributed by atoms with Crippen LogP contribution in [0, 0.1) is 6.92 Å². The molecule has 0 saturated heterocycles. The lowest BCUT2D eigenvalue weighted by atomic mass is 10.1. The fourth-order valence-corrected chi connectivity index (χ4v) is 4.16. The summed E-state index contributed by atoms with van der Waals surface area (Å²) in [5.41, 5.74) is 4.65. The van der Waals surface area contributed by atoms with E-state index in [2.05, 4.69) is 31.2 Å². The quantitative estimate of drug-likeness (QED) is 0.451. The van der Waals surface area contributed by atoms with Gasteiger partial charge in [-0.25, -0.2) is 9.97 Å². The van der Waals surface area contributed by atoms with Gasteiger partial charge in [0.05, 0.1) is 6.42 Å². The number of carbonyl (C=O) groups is 1. The van der Waals surface area contributed by atoms with Gasteiger partial charge in [-0.2, -0.15) is 0 Å². The van der Waals surface area contributed by atoms with Gasteiger partial charge in [-0.3, -0.25) is 4.79 Å². The Hall–Kier alpha value is -2.57. The number of nitrogens with one attached hydrogen (secondary N) is 1. The summed E-state index contributed by atoms with van der Waals surface area (Å²) in [6, 6.07) is 17.6. The van der Waals surface area contributed by atoms with Crippen LogP contribution in [0.3, 0.4) is 0 Å². The van der Waals surface area contributed by atoms with E-state index in [0.29, 0.717) is 6.42 Å². The molecule has 2 heterocycles. The van der Waals surface area contributed by atoms with Crippen LogP contribution in [0.1, 0.15) is 11.1 Å². The predicted octanol–water partition coefficient (Wildman–Crippen LogP) is 5.61. The molecule has 0 aliphatic rings. The molecule has 134 valence electrons. The van der Waals surface area contributed by atoms with Gasteiger partial charge in [-0.1, -0.05) is 51.5 Å². The van der Waals surface area contributed by atoms with Crippen molar-refractivity contribution in [1.82, 2.24) is 9.97 Å². The van der Waals surface area contributed by atoms with Gasteiger partial charge in [0, 0.05) is 21.9 Å². The molecule has 4 nitrogen and oxygen atoms in total. The standard InChI is InChI=1S/C21H16BrN3OS/c1-13-7-8-15(20-25-17-6-3-9-23-21(17)27-20)12-18(13)24-19(26)11-14-4-2-5-16(22)10-14/h2-10,12H,11H2,1H3,(H,24,26). The monoisotopic (exact) mass is 437 g/mol. The number of hydrogen-bond acceptors (Lipinski definition) is 4. The first-order chi connectivity index (χ1) is 13.1. The van der Waals surface area contributed by atoms with E-state index >= 15 is 0 Å². The minimum atomic E-state index is -0.0423. The molecule has 6 heteroatoms. The Morgan fingerprint density at radius 3 is 2.85 bits per heavy atom. The number of anilines is 1. The summed E-state index contributed by atoms with van der Waals surface area (Å²) in [6.07, 6.45) is 2.10. The zero-order valence-corrected chi connectivity index (χ0v) is 17.0. The topological polar surface area (TPSA) is 54.9 Å². The van der Waals surface area contributed by atoms with Crippen LogP contribution in [0.4, 0.5) is 5.69 Å². The maximum atomic E-state index is 12.5. The molecule has 0 aliphatic carbocycles. The smallest absolute Gasteiger partial charge is 0.228 e. The van der Waals surface area contributed by atoms with E-state index in [1.165, 1.54) is 0 Å². The number of nitrogens with zero attached hydrogens (tertiary/aromatic N) is 2. The minimum absolute atomic E-state index is 0.0423. The number of pyridine rings is 1. The molecule has 0 spiro atoms. The maximum absolute atomic E-state index is 12.5. The summed E-state index contributed by atoms with van der Waals surface area (Å²) >= 11 is 4.99. The number of halogens is 1. The third kappa shape index (κ3) is 4.07. The molecule has 0 aliphatic heterocycles. The number of benzene rings is 2. The highest BCUT2D eigenvalue weighted by Gasteiger charge is 2.11. The summed E-state index contributed by atoms with van der Waals surface area (Å²) < 4.78 is 0.968. The van der Waals surface area contributed by atoms with E-state index < -0.39 is 0 Å². The van der Waals surface area contributed by atoms with Gasteiger partial charge in [0.25, 0.3) is 0 Å². The molecule has 27 heavy (non-hydrogen) atoms. The molecule has 4 aromatic rings. The van der Waals surface area contributed by atoms with Gasteiger partial charge in [-0.05, 0) is 48.4 Å². The summed E-state index contributed by atoms with van der Waals surface area (Å²) in [6.45, 7) is 1.98. The van der Waals surface area contributed by atoms with Crippen LogP contribution in [0.2, 0.25) is 0 Å². The number of fused-ring (bicyclic) bond motifs is 1. The zero-order chi connectivity index (χ0) is 18.8. The Morgan fingerprint density at radius 1 is 1.15 bits per heavy atom. The van der Waals surface area contributed by atoms with Gasteiger partial charge in [0.1, 0.15) is 15.4 Å². The Morgan fingerprint density at radius 2 is 2.04 bits per heavy atom. The van der Waals surface area contributed by atoms with Crippen molar-refractivity contribution in [1.29, 1.82) is 0 Å². The van der Waals surface area contributed by atoms with Crippen molar-refractivity contribution < 1.29 is 4.79 Å². The molecular formula is C21H16BrN3OS. The van der Waals surface area contributed by atoms with Gasteiger partial charge in [0.2, 0.25) is 5.91 Å². The van der Waals surface area contributed by atoms with Crippen LogP contribution < -0.4 is 5.32 Å². The van der Waals surface area contributed by atoms with E-state index in [9.17, 15) is 4.79 Å². The third-order valence-corrected chi connectivity index (χ3v) is 5.70. The van der Waals surface area contributed by atoms with Crippen molar-refractivity contribution in [3.63, 3.8) is 0 Å². The van der Waals surface area contributed by atoms with Gasteiger partial charge >= 0.3 is 0 Å². The molecule has 0 atom stereocenters. The first kappa shape index (κ1) is 17.8. The van der Waals surface area contributed by atoms with Crippen molar-refractivity contribution in [2.24, 2.45) is 0 Å². The number of rotatable bonds is 4. The second kappa shape index (κ2) is 7.58. The van der Waals surface area contributed by atoms with Gasteiger partial charge in [-0.15, -0.1) is 0 Å². The van der Waals surface area contributed by atoms with Crippen molar-refractivity contribution in [3.8, 4) is 10.6 Å². The number of aromatic nitrogens is 2. The van der Waals surface area contributed by atoms with Crippen LogP contribution in [-0.4, -0.2) is 15.9 Å². The fourth-order valence-electron chi connectivity index (χ4n) is 2.81. The largest absolute Gasteiger partial charge is 0.326 e. The average molecular weight is 438 g/mol. The number of carbonyl (C=O) groups excluding carboxylic acids is 1. The molecule has 0 radical (unpaired) electrons. The third-order valence-electron chi connectivity index (χ3n) is 4.18. The molecule has 2 aromatic heterocycles. The lowest BCUT2D eigenvalue weighted by Crippen LogP contribution is -2.15. The average Bonchev–Trinajstić information content (AvgIpc) is 3.07. The molecular weight excluding hydrogens is 422 g/mol. The molecule has 1 N–H and O–H groups in total. The molecule has 2 aromatic carbocycles. The van der Waals surface area contributed by atoms with Gasteiger partial charge < -0.3 is 5.32 Å². The number of aryl methyl sites for hydroxylation is 1. The predicted molar refractivity (Wildman–Crippen MR) is 114 cm³/mol. The van der Waals surface area contributed by atoms with Crippen LogP contribution in [0.15, 0.2) is 65.3 Å². The molecule has 1 amide bonds. The normalized spacial score (nSPS) is 10.9. The number of hydrogen-bond donors (Lipinski definition) is 1. The SMILES string of the molecule is Cc1ccc(-c2nc3cccnc3s2)cc1NC(=O)Cc1cccc(Br)c1. The van der Waals surface area contributed by atoms with Crippen LogP contribution in [-0.2, 0) is 11.2 Å². The summed E-state index contributed by atoms with van der Waals surface area (Å²) in [7, 11) is 0. The molecule has 0 unspecified atom stereocenters. The Kier molecular flexibility index (Phi) is 5.01.